The van der Waals surface area contributed by atoms with Crippen LogP contribution in [0.15, 0.2) is 24.8 Å². The van der Waals surface area contributed by atoms with Crippen LogP contribution in [0, 0.1) is 5.82 Å². The summed E-state index contributed by atoms with van der Waals surface area (Å²) >= 11 is 0. The first-order valence-corrected chi connectivity index (χ1v) is 4.23. The van der Waals surface area contributed by atoms with Crippen molar-refractivity contribution in [1.82, 2.24) is 0 Å². The van der Waals surface area contributed by atoms with Gasteiger partial charge in [0.05, 0.1) is 0 Å². The van der Waals surface area contributed by atoms with Gasteiger partial charge in [-0.1, -0.05) is 24.8 Å². The van der Waals surface area contributed by atoms with Crippen molar-refractivity contribution >= 4 is 6.08 Å². The van der Waals surface area contributed by atoms with Gasteiger partial charge in [-0.15, -0.1) is 0 Å². The summed E-state index contributed by atoms with van der Waals surface area (Å²) < 4.78 is 13.2. The molecule has 2 rings (SSSR count). The van der Waals surface area contributed by atoms with Gasteiger partial charge in [0.25, 0.3) is 0 Å². The highest BCUT2D eigenvalue weighted by Crippen LogP contribution is 2.40. The van der Waals surface area contributed by atoms with Gasteiger partial charge in [-0.05, 0) is 30.4 Å². The lowest BCUT2D eigenvalue weighted by Gasteiger charge is -2.00. The molecule has 0 atom stereocenters. The van der Waals surface area contributed by atoms with Crippen LogP contribution in [0.5, 0.6) is 0 Å². The van der Waals surface area contributed by atoms with Gasteiger partial charge < -0.3 is 0 Å². The highest BCUT2D eigenvalue weighted by molar-refractivity contribution is 5.49. The van der Waals surface area contributed by atoms with Crippen LogP contribution in [0.1, 0.15) is 29.9 Å². The number of halogens is 1. The maximum Gasteiger partial charge on any atom is 0.130 e. The molecule has 1 saturated carbocycles. The van der Waals surface area contributed by atoms with Gasteiger partial charge in [0.1, 0.15) is 5.82 Å². The first kappa shape index (κ1) is 7.53. The molecular weight excluding hydrogens is 151 g/mol. The Morgan fingerprint density at radius 3 is 2.67 bits per heavy atom. The third kappa shape index (κ3) is 1.27. The Morgan fingerprint density at radius 2 is 2.17 bits per heavy atom. The Labute approximate surface area is 71.7 Å². The van der Waals surface area contributed by atoms with Crippen molar-refractivity contribution in [3.05, 3.63) is 41.7 Å². The second-order valence-corrected chi connectivity index (χ2v) is 3.26. The van der Waals surface area contributed by atoms with Crippen LogP contribution in [0.2, 0.25) is 0 Å². The van der Waals surface area contributed by atoms with Crippen LogP contribution >= 0.6 is 0 Å². The lowest BCUT2D eigenvalue weighted by Crippen LogP contribution is -1.85. The minimum Gasteiger partial charge on any atom is -0.206 e. The molecule has 0 heterocycles. The summed E-state index contributed by atoms with van der Waals surface area (Å²) in [5.41, 5.74) is 1.73. The van der Waals surface area contributed by atoms with E-state index in [2.05, 4.69) is 6.58 Å². The number of rotatable bonds is 2. The van der Waals surface area contributed by atoms with Crippen molar-refractivity contribution in [3.8, 4) is 0 Å². The highest BCUT2D eigenvalue weighted by atomic mass is 19.1. The number of hydrogen-bond donors (Lipinski definition) is 0. The van der Waals surface area contributed by atoms with Crippen molar-refractivity contribution in [1.29, 1.82) is 0 Å². The standard InChI is InChI=1S/C11H11F/c1-2-8-3-6-10(7-11(8)12)9-4-5-9/h2-3,6-7,9H,1,4-5H2. The Balaban J connectivity index is 2.36. The van der Waals surface area contributed by atoms with E-state index in [0.29, 0.717) is 11.5 Å². The Morgan fingerprint density at radius 1 is 1.42 bits per heavy atom. The van der Waals surface area contributed by atoms with E-state index in [9.17, 15) is 4.39 Å². The zero-order valence-corrected chi connectivity index (χ0v) is 6.89. The lowest BCUT2D eigenvalue weighted by molar-refractivity contribution is 0.623. The molecular formula is C11H11F. The Bertz CT molecular complexity index is 311. The molecule has 0 radical (unpaired) electrons. The molecule has 12 heavy (non-hydrogen) atoms. The number of benzene rings is 1. The lowest BCUT2D eigenvalue weighted by atomic mass is 10.1. The largest absolute Gasteiger partial charge is 0.206 e. The third-order valence-electron chi connectivity index (χ3n) is 2.29. The summed E-state index contributed by atoms with van der Waals surface area (Å²) in [7, 11) is 0. The number of hydrogen-bond acceptors (Lipinski definition) is 0. The van der Waals surface area contributed by atoms with E-state index >= 15 is 0 Å². The maximum absolute atomic E-state index is 13.2. The normalized spacial score (nSPS) is 16.1. The predicted octanol–water partition coefficient (Wildman–Crippen LogP) is 3.35. The quantitative estimate of drug-likeness (QED) is 0.625. The van der Waals surface area contributed by atoms with E-state index in [-0.39, 0.29) is 5.82 Å². The minimum atomic E-state index is -0.144. The average molecular weight is 162 g/mol. The molecule has 0 saturated heterocycles. The highest BCUT2D eigenvalue weighted by Gasteiger charge is 2.23. The molecule has 0 aromatic heterocycles. The molecule has 0 aliphatic heterocycles. The van der Waals surface area contributed by atoms with Crippen LogP contribution < -0.4 is 0 Å². The SMILES string of the molecule is C=Cc1ccc(C2CC2)cc1F. The fraction of sp³-hybridized carbons (Fsp3) is 0.273. The van der Waals surface area contributed by atoms with Gasteiger partial charge >= 0.3 is 0 Å². The molecule has 1 aromatic rings. The smallest absolute Gasteiger partial charge is 0.130 e. The van der Waals surface area contributed by atoms with Gasteiger partial charge in [0.15, 0.2) is 0 Å². The van der Waals surface area contributed by atoms with Gasteiger partial charge in [-0.25, -0.2) is 4.39 Å². The van der Waals surface area contributed by atoms with E-state index in [1.54, 1.807) is 18.2 Å². The van der Waals surface area contributed by atoms with Crippen LogP contribution in [0.25, 0.3) is 6.08 Å². The molecule has 1 aliphatic rings. The molecule has 62 valence electrons. The summed E-state index contributed by atoms with van der Waals surface area (Å²) in [6.07, 6.45) is 3.98. The van der Waals surface area contributed by atoms with Gasteiger partial charge in [0, 0.05) is 5.56 Å². The van der Waals surface area contributed by atoms with Crippen LogP contribution in [0.4, 0.5) is 4.39 Å². The molecule has 0 N–H and O–H groups in total. The van der Waals surface area contributed by atoms with Crippen molar-refractivity contribution in [3.63, 3.8) is 0 Å². The van der Waals surface area contributed by atoms with Crippen LogP contribution in [-0.4, -0.2) is 0 Å². The average Bonchev–Trinajstić information content (AvgIpc) is 2.86. The summed E-state index contributed by atoms with van der Waals surface area (Å²) in [4.78, 5) is 0. The van der Waals surface area contributed by atoms with Crippen molar-refractivity contribution in [2.24, 2.45) is 0 Å². The zero-order valence-electron chi connectivity index (χ0n) is 6.89. The van der Waals surface area contributed by atoms with E-state index < -0.39 is 0 Å². The van der Waals surface area contributed by atoms with E-state index in [4.69, 9.17) is 0 Å². The van der Waals surface area contributed by atoms with Crippen LogP contribution in [0.3, 0.4) is 0 Å². The van der Waals surface area contributed by atoms with Gasteiger partial charge in [-0.2, -0.15) is 0 Å². The molecule has 0 amide bonds. The molecule has 0 spiro atoms. The van der Waals surface area contributed by atoms with Crippen molar-refractivity contribution < 1.29 is 4.39 Å². The second kappa shape index (κ2) is 2.74. The Kier molecular flexibility index (Phi) is 1.72. The molecule has 1 aromatic carbocycles. The first-order chi connectivity index (χ1) is 5.81. The fourth-order valence-corrected chi connectivity index (χ4v) is 1.38. The van der Waals surface area contributed by atoms with Gasteiger partial charge in [0.2, 0.25) is 0 Å². The third-order valence-corrected chi connectivity index (χ3v) is 2.29. The monoisotopic (exact) mass is 162 g/mol. The molecule has 0 unspecified atom stereocenters. The van der Waals surface area contributed by atoms with E-state index in [0.717, 1.165) is 5.56 Å². The molecule has 1 aliphatic carbocycles. The van der Waals surface area contributed by atoms with E-state index in [1.165, 1.54) is 12.8 Å². The minimum absolute atomic E-state index is 0.144. The topological polar surface area (TPSA) is 0 Å². The second-order valence-electron chi connectivity index (χ2n) is 3.26. The fourth-order valence-electron chi connectivity index (χ4n) is 1.38. The first-order valence-electron chi connectivity index (χ1n) is 4.23. The molecule has 1 heteroatoms. The molecule has 0 bridgehead atoms. The van der Waals surface area contributed by atoms with Crippen molar-refractivity contribution in [2.75, 3.05) is 0 Å². The van der Waals surface area contributed by atoms with E-state index in [1.807, 2.05) is 6.07 Å². The Hall–Kier alpha value is -1.11. The molecule has 0 nitrogen and oxygen atoms in total. The predicted molar refractivity (Wildman–Crippen MR) is 48.5 cm³/mol. The zero-order chi connectivity index (χ0) is 8.55. The summed E-state index contributed by atoms with van der Waals surface area (Å²) in [6, 6.07) is 5.43. The maximum atomic E-state index is 13.2. The summed E-state index contributed by atoms with van der Waals surface area (Å²) in [5, 5.41) is 0. The van der Waals surface area contributed by atoms with Crippen LogP contribution in [-0.2, 0) is 0 Å². The summed E-state index contributed by atoms with van der Waals surface area (Å²) in [5.74, 6) is 0.479. The summed E-state index contributed by atoms with van der Waals surface area (Å²) in [6.45, 7) is 3.54. The van der Waals surface area contributed by atoms with Gasteiger partial charge in [-0.3, -0.25) is 0 Å². The van der Waals surface area contributed by atoms with Crippen molar-refractivity contribution in [2.45, 2.75) is 18.8 Å². The molecule has 1 fully saturated rings.